The molecule has 0 aromatic carbocycles. The molecule has 0 aromatic rings. The van der Waals surface area contributed by atoms with Gasteiger partial charge in [-0.25, -0.2) is 4.79 Å². The van der Waals surface area contributed by atoms with Crippen LogP contribution in [-0.4, -0.2) is 41.7 Å². The summed E-state index contributed by atoms with van der Waals surface area (Å²) in [5, 5.41) is 14.4. The second-order valence-corrected chi connectivity index (χ2v) is 5.35. The zero-order valence-electron chi connectivity index (χ0n) is 11.4. The highest BCUT2D eigenvalue weighted by Gasteiger charge is 2.17. The molecule has 0 rings (SSSR count). The van der Waals surface area contributed by atoms with Gasteiger partial charge in [0.2, 0.25) is 0 Å². The van der Waals surface area contributed by atoms with Gasteiger partial charge in [0.1, 0.15) is 0 Å². The minimum Gasteiger partial charge on any atom is -0.481 e. The first-order valence-electron chi connectivity index (χ1n) is 6.27. The highest BCUT2D eigenvalue weighted by molar-refractivity contribution is 7.98. The molecule has 0 radical (unpaired) electrons. The zero-order valence-corrected chi connectivity index (χ0v) is 12.2. The van der Waals surface area contributed by atoms with Gasteiger partial charge in [0.15, 0.2) is 0 Å². The van der Waals surface area contributed by atoms with Gasteiger partial charge in [0.25, 0.3) is 0 Å². The molecular weight excluding hydrogens is 252 g/mol. The van der Waals surface area contributed by atoms with Gasteiger partial charge >= 0.3 is 12.0 Å². The smallest absolute Gasteiger partial charge is 0.315 e. The number of amides is 2. The second kappa shape index (κ2) is 10.1. The number of hydrogen-bond donors (Lipinski definition) is 3. The van der Waals surface area contributed by atoms with Gasteiger partial charge in [-0.15, -0.1) is 0 Å². The summed E-state index contributed by atoms with van der Waals surface area (Å²) in [4.78, 5) is 22.4. The topological polar surface area (TPSA) is 78.4 Å². The van der Waals surface area contributed by atoms with Gasteiger partial charge in [-0.05, 0) is 31.8 Å². The first kappa shape index (κ1) is 17.1. The average Bonchev–Trinajstić information content (AvgIpc) is 2.31. The molecule has 18 heavy (non-hydrogen) atoms. The Kier molecular flexibility index (Phi) is 9.55. The second-order valence-electron chi connectivity index (χ2n) is 4.36. The molecule has 0 aliphatic carbocycles. The minimum atomic E-state index is -0.854. The van der Waals surface area contributed by atoms with Gasteiger partial charge in [0.05, 0.1) is 5.92 Å². The molecule has 0 aliphatic heterocycles. The third-order valence-corrected chi connectivity index (χ3v) is 3.27. The van der Waals surface area contributed by atoms with Crippen LogP contribution in [0.1, 0.15) is 33.1 Å². The number of carbonyl (C=O) groups is 2. The molecule has 3 N–H and O–H groups in total. The monoisotopic (exact) mass is 276 g/mol. The number of rotatable bonds is 9. The number of carboxylic acid groups (broad SMARTS) is 1. The highest BCUT2D eigenvalue weighted by Crippen LogP contribution is 2.05. The summed E-state index contributed by atoms with van der Waals surface area (Å²) >= 11 is 1.74. The number of carboxylic acids is 1. The predicted octanol–water partition coefficient (Wildman–Crippen LogP) is 1.93. The molecule has 0 bridgehead atoms. The summed E-state index contributed by atoms with van der Waals surface area (Å²) < 4.78 is 0. The molecule has 0 saturated heterocycles. The van der Waals surface area contributed by atoms with Crippen molar-refractivity contribution in [2.24, 2.45) is 5.92 Å². The first-order chi connectivity index (χ1) is 8.51. The first-order valence-corrected chi connectivity index (χ1v) is 7.66. The van der Waals surface area contributed by atoms with Crippen molar-refractivity contribution in [2.75, 3.05) is 18.6 Å². The Morgan fingerprint density at radius 2 is 2.00 bits per heavy atom. The van der Waals surface area contributed by atoms with Crippen molar-refractivity contribution in [3.63, 3.8) is 0 Å². The molecule has 0 aliphatic rings. The van der Waals surface area contributed by atoms with Crippen molar-refractivity contribution >= 4 is 23.8 Å². The Balaban J connectivity index is 3.89. The van der Waals surface area contributed by atoms with Crippen LogP contribution in [0.25, 0.3) is 0 Å². The van der Waals surface area contributed by atoms with Crippen LogP contribution in [0.3, 0.4) is 0 Å². The lowest BCUT2D eigenvalue weighted by Crippen LogP contribution is -2.43. The van der Waals surface area contributed by atoms with E-state index in [1.807, 2.05) is 20.1 Å². The van der Waals surface area contributed by atoms with E-state index in [2.05, 4.69) is 10.6 Å². The van der Waals surface area contributed by atoms with E-state index in [-0.39, 0.29) is 18.6 Å². The fourth-order valence-electron chi connectivity index (χ4n) is 1.52. The van der Waals surface area contributed by atoms with Gasteiger partial charge in [-0.1, -0.05) is 13.3 Å². The SMILES string of the molecule is CCCC(CNC(=O)NC(C)CCSC)C(=O)O. The molecular formula is C12H24N2O3S. The fourth-order valence-corrected chi connectivity index (χ4v) is 2.11. The molecule has 0 fully saturated rings. The summed E-state index contributed by atoms with van der Waals surface area (Å²) in [6.07, 6.45) is 4.31. The van der Waals surface area contributed by atoms with Gasteiger partial charge in [-0.2, -0.15) is 11.8 Å². The van der Waals surface area contributed by atoms with E-state index < -0.39 is 11.9 Å². The van der Waals surface area contributed by atoms with E-state index in [1.165, 1.54) is 0 Å². The summed E-state index contributed by atoms with van der Waals surface area (Å²) in [6.45, 7) is 4.06. The van der Waals surface area contributed by atoms with Crippen molar-refractivity contribution in [1.29, 1.82) is 0 Å². The maximum atomic E-state index is 11.5. The van der Waals surface area contributed by atoms with Crippen LogP contribution >= 0.6 is 11.8 Å². The van der Waals surface area contributed by atoms with Crippen LogP contribution < -0.4 is 10.6 Å². The summed E-state index contributed by atoms with van der Waals surface area (Å²) in [5.41, 5.74) is 0. The van der Waals surface area contributed by atoms with E-state index >= 15 is 0 Å². The molecule has 0 heterocycles. The molecule has 0 aromatic heterocycles. The number of urea groups is 1. The minimum absolute atomic E-state index is 0.104. The average molecular weight is 276 g/mol. The molecule has 2 atom stereocenters. The van der Waals surface area contributed by atoms with Crippen molar-refractivity contribution in [3.05, 3.63) is 0 Å². The third kappa shape index (κ3) is 8.22. The third-order valence-electron chi connectivity index (χ3n) is 2.63. The summed E-state index contributed by atoms with van der Waals surface area (Å²) in [7, 11) is 0. The molecule has 6 heteroatoms. The molecule has 0 spiro atoms. The van der Waals surface area contributed by atoms with Crippen molar-refractivity contribution in [2.45, 2.75) is 39.2 Å². The summed E-state index contributed by atoms with van der Waals surface area (Å²) in [5.74, 6) is -0.357. The van der Waals surface area contributed by atoms with Crippen LogP contribution in [0.2, 0.25) is 0 Å². The van der Waals surface area contributed by atoms with Crippen LogP contribution in [0.15, 0.2) is 0 Å². The lowest BCUT2D eigenvalue weighted by Gasteiger charge is -2.16. The zero-order chi connectivity index (χ0) is 14.0. The Labute approximate surface area is 113 Å². The lowest BCUT2D eigenvalue weighted by molar-refractivity contribution is -0.141. The Hall–Kier alpha value is -0.910. The van der Waals surface area contributed by atoms with E-state index in [9.17, 15) is 9.59 Å². The fraction of sp³-hybridized carbons (Fsp3) is 0.833. The molecule has 5 nitrogen and oxygen atoms in total. The van der Waals surface area contributed by atoms with Gasteiger partial charge in [0, 0.05) is 12.6 Å². The van der Waals surface area contributed by atoms with Crippen LogP contribution in [0, 0.1) is 5.92 Å². The number of nitrogens with one attached hydrogen (secondary N) is 2. The van der Waals surface area contributed by atoms with Crippen molar-refractivity contribution in [3.8, 4) is 0 Å². The lowest BCUT2D eigenvalue weighted by atomic mass is 10.0. The predicted molar refractivity (Wildman–Crippen MR) is 75.0 cm³/mol. The quantitative estimate of drug-likeness (QED) is 0.601. The molecule has 2 unspecified atom stereocenters. The van der Waals surface area contributed by atoms with Gasteiger partial charge < -0.3 is 15.7 Å². The number of thioether (sulfide) groups is 1. The number of aliphatic carboxylic acids is 1. The number of carbonyl (C=O) groups excluding carboxylic acids is 1. The van der Waals surface area contributed by atoms with E-state index in [0.717, 1.165) is 18.6 Å². The Morgan fingerprint density at radius 1 is 1.33 bits per heavy atom. The number of hydrogen-bond acceptors (Lipinski definition) is 3. The summed E-state index contributed by atoms with van der Waals surface area (Å²) in [6, 6.07) is -0.183. The largest absolute Gasteiger partial charge is 0.481 e. The van der Waals surface area contributed by atoms with Gasteiger partial charge in [-0.3, -0.25) is 4.79 Å². The molecule has 0 saturated carbocycles. The normalized spacial score (nSPS) is 13.7. The van der Waals surface area contributed by atoms with E-state index in [0.29, 0.717) is 6.42 Å². The van der Waals surface area contributed by atoms with Crippen molar-refractivity contribution < 1.29 is 14.7 Å². The van der Waals surface area contributed by atoms with E-state index in [4.69, 9.17) is 5.11 Å². The molecule has 2 amide bonds. The van der Waals surface area contributed by atoms with Crippen LogP contribution in [0.5, 0.6) is 0 Å². The van der Waals surface area contributed by atoms with E-state index in [1.54, 1.807) is 11.8 Å². The Morgan fingerprint density at radius 3 is 2.50 bits per heavy atom. The maximum absolute atomic E-state index is 11.5. The van der Waals surface area contributed by atoms with Crippen LogP contribution in [0.4, 0.5) is 4.79 Å². The molecule has 106 valence electrons. The van der Waals surface area contributed by atoms with Crippen LogP contribution in [-0.2, 0) is 4.79 Å². The maximum Gasteiger partial charge on any atom is 0.315 e. The standard InChI is InChI=1S/C12H24N2O3S/c1-4-5-10(11(15)16)8-13-12(17)14-9(2)6-7-18-3/h9-10H,4-8H2,1-3H3,(H,15,16)(H2,13,14,17). The highest BCUT2D eigenvalue weighted by atomic mass is 32.2. The Bertz CT molecular complexity index is 262. The van der Waals surface area contributed by atoms with Crippen molar-refractivity contribution in [1.82, 2.24) is 10.6 Å².